The van der Waals surface area contributed by atoms with Crippen LogP contribution in [0, 0.1) is 0 Å². The molecule has 0 aliphatic rings. The first-order chi connectivity index (χ1) is 4.85. The van der Waals surface area contributed by atoms with Crippen molar-refractivity contribution in [3.63, 3.8) is 0 Å². The molecule has 0 bridgehead atoms. The molecule has 0 aliphatic heterocycles. The molecule has 0 aliphatic carbocycles. The molecule has 0 atom stereocenters. The van der Waals surface area contributed by atoms with Gasteiger partial charge in [0.15, 0.2) is 0 Å². The minimum atomic E-state index is 0.382. The standard InChI is InChI=1S/C7H11NO2/c1-3-5-8(6-4-2)10-7-9/h3-4,7H,1-2,5-6H2. The third-order valence-electron chi connectivity index (χ3n) is 0.858. The van der Waals surface area contributed by atoms with Gasteiger partial charge in [0.05, 0.1) is 13.1 Å². The molecule has 0 aromatic rings. The summed E-state index contributed by atoms with van der Waals surface area (Å²) in [6, 6.07) is 0. The van der Waals surface area contributed by atoms with E-state index in [0.717, 1.165) is 0 Å². The van der Waals surface area contributed by atoms with Gasteiger partial charge in [-0.3, -0.25) is 4.79 Å². The Kier molecular flexibility index (Phi) is 5.38. The van der Waals surface area contributed by atoms with Crippen LogP contribution in [0.4, 0.5) is 0 Å². The predicted molar refractivity (Wildman–Crippen MR) is 39.1 cm³/mol. The number of rotatable bonds is 6. The Morgan fingerprint density at radius 1 is 1.30 bits per heavy atom. The molecule has 56 valence electrons. The van der Waals surface area contributed by atoms with Crippen molar-refractivity contribution in [2.45, 2.75) is 0 Å². The molecule has 0 N–H and O–H groups in total. The lowest BCUT2D eigenvalue weighted by atomic mass is 10.5. The van der Waals surface area contributed by atoms with Gasteiger partial charge in [-0.1, -0.05) is 12.2 Å². The average Bonchev–Trinajstić information content (AvgIpc) is 1.90. The van der Waals surface area contributed by atoms with Gasteiger partial charge in [-0.05, 0) is 0 Å². The molecule has 10 heavy (non-hydrogen) atoms. The quantitative estimate of drug-likeness (QED) is 0.310. The molecule has 0 aromatic carbocycles. The van der Waals surface area contributed by atoms with Crippen molar-refractivity contribution in [1.82, 2.24) is 5.06 Å². The number of hydrogen-bond acceptors (Lipinski definition) is 3. The molecule has 0 rings (SSSR count). The first-order valence-corrected chi connectivity index (χ1v) is 2.92. The molecule has 3 nitrogen and oxygen atoms in total. The second kappa shape index (κ2) is 6.04. The monoisotopic (exact) mass is 141 g/mol. The van der Waals surface area contributed by atoms with Gasteiger partial charge in [-0.25, -0.2) is 0 Å². The van der Waals surface area contributed by atoms with Gasteiger partial charge in [0.25, 0.3) is 0 Å². The summed E-state index contributed by atoms with van der Waals surface area (Å²) in [5.41, 5.74) is 0. The zero-order valence-electron chi connectivity index (χ0n) is 5.82. The fourth-order valence-corrected chi connectivity index (χ4v) is 0.509. The van der Waals surface area contributed by atoms with Gasteiger partial charge in [0.2, 0.25) is 0 Å². The highest BCUT2D eigenvalue weighted by molar-refractivity contribution is 5.36. The summed E-state index contributed by atoms with van der Waals surface area (Å²) in [6.07, 6.45) is 3.29. The van der Waals surface area contributed by atoms with Gasteiger partial charge >= 0.3 is 6.47 Å². The van der Waals surface area contributed by atoms with Crippen LogP contribution in [0.25, 0.3) is 0 Å². The smallest absolute Gasteiger partial charge is 0.313 e. The number of carbonyl (C=O) groups excluding carboxylic acids is 1. The summed E-state index contributed by atoms with van der Waals surface area (Å²) in [5, 5.41) is 1.44. The van der Waals surface area contributed by atoms with E-state index in [2.05, 4.69) is 18.0 Å². The molecule has 0 amide bonds. The van der Waals surface area contributed by atoms with Crippen LogP contribution in [0.3, 0.4) is 0 Å². The van der Waals surface area contributed by atoms with Crippen molar-refractivity contribution >= 4 is 6.47 Å². The number of hydroxylamine groups is 2. The van der Waals surface area contributed by atoms with Gasteiger partial charge in [0.1, 0.15) is 0 Å². The summed E-state index contributed by atoms with van der Waals surface area (Å²) < 4.78 is 0. The van der Waals surface area contributed by atoms with Crippen molar-refractivity contribution in [2.24, 2.45) is 0 Å². The van der Waals surface area contributed by atoms with Crippen molar-refractivity contribution < 1.29 is 9.63 Å². The third kappa shape index (κ3) is 3.86. The molecule has 0 heterocycles. The van der Waals surface area contributed by atoms with Crippen LogP contribution in [-0.4, -0.2) is 24.6 Å². The lowest BCUT2D eigenvalue weighted by molar-refractivity contribution is -0.168. The summed E-state index contributed by atoms with van der Waals surface area (Å²) in [6.45, 7) is 8.41. The molecule has 0 spiro atoms. The maximum Gasteiger partial charge on any atom is 0.313 e. The van der Waals surface area contributed by atoms with Crippen LogP contribution in [0.5, 0.6) is 0 Å². The summed E-state index contributed by atoms with van der Waals surface area (Å²) in [5.74, 6) is 0. The first kappa shape index (κ1) is 8.91. The first-order valence-electron chi connectivity index (χ1n) is 2.92. The van der Waals surface area contributed by atoms with Crippen LogP contribution in [-0.2, 0) is 9.63 Å². The van der Waals surface area contributed by atoms with Crippen LogP contribution in [0.2, 0.25) is 0 Å². The van der Waals surface area contributed by atoms with E-state index in [4.69, 9.17) is 0 Å². The fourth-order valence-electron chi connectivity index (χ4n) is 0.509. The van der Waals surface area contributed by atoms with E-state index in [1.165, 1.54) is 5.06 Å². The highest BCUT2D eigenvalue weighted by atomic mass is 16.7. The minimum Gasteiger partial charge on any atom is -0.370 e. The number of carbonyl (C=O) groups is 1. The summed E-state index contributed by atoms with van der Waals surface area (Å²) in [7, 11) is 0. The van der Waals surface area contributed by atoms with Crippen LogP contribution in [0.1, 0.15) is 0 Å². The fraction of sp³-hybridized carbons (Fsp3) is 0.286. The summed E-state index contributed by atoms with van der Waals surface area (Å²) in [4.78, 5) is 14.4. The Balaban J connectivity index is 3.58. The predicted octanol–water partition coefficient (Wildman–Crippen LogP) is 0.748. The van der Waals surface area contributed by atoms with Crippen LogP contribution < -0.4 is 0 Å². The van der Waals surface area contributed by atoms with Gasteiger partial charge in [0, 0.05) is 0 Å². The average molecular weight is 141 g/mol. The summed E-state index contributed by atoms with van der Waals surface area (Å²) >= 11 is 0. The maximum absolute atomic E-state index is 9.83. The molecule has 0 aromatic heterocycles. The topological polar surface area (TPSA) is 29.5 Å². The zero-order valence-corrected chi connectivity index (χ0v) is 5.82. The van der Waals surface area contributed by atoms with Gasteiger partial charge in [-0.15, -0.1) is 18.2 Å². The Morgan fingerprint density at radius 3 is 2.10 bits per heavy atom. The third-order valence-corrected chi connectivity index (χ3v) is 0.858. The molecule has 0 radical (unpaired) electrons. The van der Waals surface area contributed by atoms with Gasteiger partial charge < -0.3 is 4.84 Å². The highest BCUT2D eigenvalue weighted by Gasteiger charge is 1.97. The van der Waals surface area contributed by atoms with E-state index in [-0.39, 0.29) is 0 Å². The minimum absolute atomic E-state index is 0.382. The Labute approximate surface area is 60.5 Å². The lowest BCUT2D eigenvalue weighted by Crippen LogP contribution is -2.23. The maximum atomic E-state index is 9.83. The second-order valence-electron chi connectivity index (χ2n) is 1.63. The van der Waals surface area contributed by atoms with Crippen molar-refractivity contribution in [2.75, 3.05) is 13.1 Å². The van der Waals surface area contributed by atoms with Gasteiger partial charge in [-0.2, -0.15) is 0 Å². The molecule has 0 fully saturated rings. The molecule has 0 saturated heterocycles. The molecule has 0 saturated carbocycles. The zero-order chi connectivity index (χ0) is 7.82. The van der Waals surface area contributed by atoms with E-state index in [1.54, 1.807) is 12.2 Å². The largest absolute Gasteiger partial charge is 0.370 e. The van der Waals surface area contributed by atoms with E-state index in [1.807, 2.05) is 0 Å². The molecular weight excluding hydrogens is 130 g/mol. The van der Waals surface area contributed by atoms with Crippen molar-refractivity contribution in [3.05, 3.63) is 25.3 Å². The van der Waals surface area contributed by atoms with E-state index >= 15 is 0 Å². The Bertz CT molecular complexity index is 99.0. The second-order valence-corrected chi connectivity index (χ2v) is 1.63. The molecule has 0 unspecified atom stereocenters. The number of hydrogen-bond donors (Lipinski definition) is 0. The highest BCUT2D eigenvalue weighted by Crippen LogP contribution is 1.87. The lowest BCUT2D eigenvalue weighted by Gasteiger charge is -2.13. The van der Waals surface area contributed by atoms with E-state index in [0.29, 0.717) is 19.6 Å². The molecule has 3 heteroatoms. The van der Waals surface area contributed by atoms with E-state index in [9.17, 15) is 4.79 Å². The number of nitrogens with zero attached hydrogens (tertiary/aromatic N) is 1. The van der Waals surface area contributed by atoms with Crippen LogP contribution >= 0.6 is 0 Å². The Morgan fingerprint density at radius 2 is 1.80 bits per heavy atom. The van der Waals surface area contributed by atoms with Crippen LogP contribution in [0.15, 0.2) is 25.3 Å². The van der Waals surface area contributed by atoms with Crippen molar-refractivity contribution in [1.29, 1.82) is 0 Å². The SMILES string of the molecule is C=CCN(CC=C)OC=O. The van der Waals surface area contributed by atoms with E-state index < -0.39 is 0 Å². The normalized spacial score (nSPS) is 8.90. The Hall–Kier alpha value is -1.09. The van der Waals surface area contributed by atoms with Crippen molar-refractivity contribution in [3.8, 4) is 0 Å². The molecular formula is C7H11NO2.